The maximum atomic E-state index is 11.5. The van der Waals surface area contributed by atoms with Crippen LogP contribution in [0.5, 0.6) is 0 Å². The van der Waals surface area contributed by atoms with E-state index in [9.17, 15) is 8.42 Å². The van der Waals surface area contributed by atoms with Gasteiger partial charge < -0.3 is 0 Å². The average molecular weight is 189 g/mol. The summed E-state index contributed by atoms with van der Waals surface area (Å²) in [6, 6.07) is 0.466. The van der Waals surface area contributed by atoms with E-state index in [1.165, 1.54) is 6.26 Å². The Labute approximate surface area is 73.5 Å². The zero-order chi connectivity index (χ0) is 8.82. The minimum absolute atomic E-state index is 0.466. The summed E-state index contributed by atoms with van der Waals surface area (Å²) in [6.07, 6.45) is 6.22. The maximum absolute atomic E-state index is 11.5. The van der Waals surface area contributed by atoms with Gasteiger partial charge >= 0.3 is 0 Å². The van der Waals surface area contributed by atoms with Gasteiger partial charge in [-0.25, -0.2) is 8.42 Å². The second-order valence-corrected chi connectivity index (χ2v) is 6.36. The molecule has 0 aromatic heterocycles. The molecule has 0 radical (unpaired) electrons. The van der Waals surface area contributed by atoms with Gasteiger partial charge in [0.15, 0.2) is 9.84 Å². The van der Waals surface area contributed by atoms with Crippen LogP contribution in [0.25, 0.3) is 0 Å². The minimum atomic E-state index is -2.91. The van der Waals surface area contributed by atoms with Gasteiger partial charge in [0.1, 0.15) is 4.87 Å². The fraction of sp³-hybridized carbons (Fsp3) is 1.00. The average Bonchev–Trinajstić information content (AvgIpc) is 2.27. The molecule has 2 saturated heterocycles. The quantitative estimate of drug-likeness (QED) is 0.659. The molecule has 70 valence electrons. The summed E-state index contributed by atoms with van der Waals surface area (Å²) in [5.74, 6) is 0. The van der Waals surface area contributed by atoms with Crippen molar-refractivity contribution in [1.82, 2.24) is 5.32 Å². The van der Waals surface area contributed by atoms with Crippen LogP contribution in [-0.4, -0.2) is 25.6 Å². The first-order chi connectivity index (χ1) is 5.54. The molecule has 2 bridgehead atoms. The molecule has 2 atom stereocenters. The molecule has 2 heterocycles. The van der Waals surface area contributed by atoms with Crippen LogP contribution >= 0.6 is 0 Å². The Kier molecular flexibility index (Phi) is 1.74. The first-order valence-electron chi connectivity index (χ1n) is 4.51. The van der Waals surface area contributed by atoms with Gasteiger partial charge in [-0.15, -0.1) is 0 Å². The molecular formula is C8H15NO2S. The second kappa shape index (κ2) is 2.45. The highest BCUT2D eigenvalue weighted by molar-refractivity contribution is 7.92. The fourth-order valence-electron chi connectivity index (χ4n) is 2.45. The number of rotatable bonds is 1. The Morgan fingerprint density at radius 3 is 2.67 bits per heavy atom. The number of hydrogen-bond donors (Lipinski definition) is 1. The standard InChI is InChI=1S/C8H15NO2S/c1-12(10,11)8-5-2-3-7(9-8)4-6-8/h7,9H,2-6H2,1H3. The predicted octanol–water partition coefficient (Wildman–Crippen LogP) is 0.663. The van der Waals surface area contributed by atoms with Crippen LogP contribution < -0.4 is 5.32 Å². The Morgan fingerprint density at radius 2 is 2.08 bits per heavy atom. The monoisotopic (exact) mass is 189 g/mol. The second-order valence-electron chi connectivity index (χ2n) is 4.04. The van der Waals surface area contributed by atoms with Gasteiger partial charge in [-0.3, -0.25) is 5.32 Å². The molecule has 2 unspecified atom stereocenters. The number of nitrogens with one attached hydrogen (secondary N) is 1. The summed E-state index contributed by atoms with van der Waals surface area (Å²) in [5.41, 5.74) is 0. The third kappa shape index (κ3) is 1.09. The summed E-state index contributed by atoms with van der Waals surface area (Å²) in [7, 11) is -2.91. The van der Waals surface area contributed by atoms with Gasteiger partial charge in [-0.05, 0) is 32.1 Å². The Morgan fingerprint density at radius 1 is 1.33 bits per heavy atom. The highest BCUT2D eigenvalue weighted by Crippen LogP contribution is 2.38. The molecule has 0 aromatic carbocycles. The van der Waals surface area contributed by atoms with Gasteiger partial charge in [0.25, 0.3) is 0 Å². The summed E-state index contributed by atoms with van der Waals surface area (Å²) in [5, 5.41) is 3.26. The van der Waals surface area contributed by atoms with Gasteiger partial charge in [-0.1, -0.05) is 0 Å². The van der Waals surface area contributed by atoms with E-state index in [1.807, 2.05) is 0 Å². The van der Waals surface area contributed by atoms with E-state index in [0.29, 0.717) is 6.04 Å². The Hall–Kier alpha value is -0.0900. The molecular weight excluding hydrogens is 174 g/mol. The molecule has 0 aromatic rings. The van der Waals surface area contributed by atoms with E-state index in [-0.39, 0.29) is 0 Å². The summed E-state index contributed by atoms with van der Waals surface area (Å²) in [4.78, 5) is -0.546. The topological polar surface area (TPSA) is 46.2 Å². The molecule has 2 aliphatic heterocycles. The summed E-state index contributed by atoms with van der Waals surface area (Å²) < 4.78 is 23.0. The molecule has 0 aliphatic carbocycles. The van der Waals surface area contributed by atoms with Crippen molar-refractivity contribution in [1.29, 1.82) is 0 Å². The van der Waals surface area contributed by atoms with Crippen LogP contribution in [0.4, 0.5) is 0 Å². The molecule has 1 N–H and O–H groups in total. The van der Waals surface area contributed by atoms with E-state index in [4.69, 9.17) is 0 Å². The van der Waals surface area contributed by atoms with Crippen molar-refractivity contribution in [2.45, 2.75) is 43.0 Å². The Bertz CT molecular complexity index is 281. The molecule has 2 fully saturated rings. The van der Waals surface area contributed by atoms with Crippen LogP contribution in [-0.2, 0) is 9.84 Å². The number of fused-ring (bicyclic) bond motifs is 2. The molecule has 0 amide bonds. The molecule has 2 aliphatic rings. The molecule has 0 spiro atoms. The Balaban J connectivity index is 2.33. The van der Waals surface area contributed by atoms with Crippen LogP contribution in [0.3, 0.4) is 0 Å². The summed E-state index contributed by atoms with van der Waals surface area (Å²) in [6.45, 7) is 0. The van der Waals surface area contributed by atoms with E-state index in [0.717, 1.165) is 32.1 Å². The molecule has 4 heteroatoms. The van der Waals surface area contributed by atoms with Crippen molar-refractivity contribution in [3.8, 4) is 0 Å². The number of piperidine rings is 1. The number of sulfone groups is 1. The van der Waals surface area contributed by atoms with E-state index < -0.39 is 14.7 Å². The van der Waals surface area contributed by atoms with Crippen LogP contribution in [0.2, 0.25) is 0 Å². The van der Waals surface area contributed by atoms with Crippen LogP contribution in [0, 0.1) is 0 Å². The first-order valence-corrected chi connectivity index (χ1v) is 6.40. The lowest BCUT2D eigenvalue weighted by Gasteiger charge is -2.32. The third-order valence-corrected chi connectivity index (χ3v) is 5.15. The maximum Gasteiger partial charge on any atom is 0.166 e. The SMILES string of the molecule is CS(=O)(=O)C12CCCC(CC1)N2. The van der Waals surface area contributed by atoms with Gasteiger partial charge in [0.05, 0.1) is 0 Å². The molecule has 0 saturated carbocycles. The van der Waals surface area contributed by atoms with Crippen molar-refractivity contribution in [3.05, 3.63) is 0 Å². The molecule has 3 nitrogen and oxygen atoms in total. The van der Waals surface area contributed by atoms with Crippen LogP contribution in [0.15, 0.2) is 0 Å². The van der Waals surface area contributed by atoms with Gasteiger partial charge in [0, 0.05) is 12.3 Å². The normalized spacial score (nSPS) is 41.6. The third-order valence-electron chi connectivity index (χ3n) is 3.21. The van der Waals surface area contributed by atoms with E-state index in [1.54, 1.807) is 0 Å². The lowest BCUT2D eigenvalue weighted by Crippen LogP contribution is -2.51. The van der Waals surface area contributed by atoms with Gasteiger partial charge in [0.2, 0.25) is 0 Å². The van der Waals surface area contributed by atoms with Crippen molar-refractivity contribution in [2.24, 2.45) is 0 Å². The highest BCUT2D eigenvalue weighted by atomic mass is 32.2. The van der Waals surface area contributed by atoms with Gasteiger partial charge in [-0.2, -0.15) is 0 Å². The van der Waals surface area contributed by atoms with E-state index >= 15 is 0 Å². The largest absolute Gasteiger partial charge is 0.296 e. The van der Waals surface area contributed by atoms with Crippen molar-refractivity contribution in [3.63, 3.8) is 0 Å². The molecule has 12 heavy (non-hydrogen) atoms. The van der Waals surface area contributed by atoms with Crippen molar-refractivity contribution < 1.29 is 8.42 Å². The molecule has 2 rings (SSSR count). The lowest BCUT2D eigenvalue weighted by atomic mass is 10.1. The first kappa shape index (κ1) is 8.51. The highest BCUT2D eigenvalue weighted by Gasteiger charge is 2.48. The lowest BCUT2D eigenvalue weighted by molar-refractivity contribution is 0.357. The fourth-order valence-corrected chi connectivity index (χ4v) is 3.83. The zero-order valence-corrected chi connectivity index (χ0v) is 8.15. The van der Waals surface area contributed by atoms with Crippen LogP contribution in [0.1, 0.15) is 32.1 Å². The van der Waals surface area contributed by atoms with Crippen molar-refractivity contribution in [2.75, 3.05) is 6.26 Å². The van der Waals surface area contributed by atoms with E-state index in [2.05, 4.69) is 5.32 Å². The van der Waals surface area contributed by atoms with Crippen molar-refractivity contribution >= 4 is 9.84 Å². The minimum Gasteiger partial charge on any atom is -0.296 e. The summed E-state index contributed by atoms with van der Waals surface area (Å²) >= 11 is 0. The number of hydrogen-bond acceptors (Lipinski definition) is 3. The zero-order valence-electron chi connectivity index (χ0n) is 7.34. The smallest absolute Gasteiger partial charge is 0.166 e. The predicted molar refractivity (Wildman–Crippen MR) is 47.6 cm³/mol.